The van der Waals surface area contributed by atoms with Crippen molar-refractivity contribution in [3.63, 3.8) is 0 Å². The molecule has 0 radical (unpaired) electrons. The van der Waals surface area contributed by atoms with Crippen molar-refractivity contribution in [1.82, 2.24) is 15.1 Å². The van der Waals surface area contributed by atoms with E-state index >= 15 is 0 Å². The van der Waals surface area contributed by atoms with E-state index in [0.29, 0.717) is 19.3 Å². The number of aliphatic carboxylic acids is 2. The number of rotatable bonds is 11. The molecule has 0 unspecified atom stereocenters. The Labute approximate surface area is 187 Å². The van der Waals surface area contributed by atoms with Crippen molar-refractivity contribution in [2.45, 2.75) is 64.5 Å². The number of hydrogen-bond acceptors (Lipinski definition) is 4. The van der Waals surface area contributed by atoms with Crippen LogP contribution in [0.3, 0.4) is 0 Å². The third-order valence-corrected chi connectivity index (χ3v) is 6.38. The average molecular weight is 442 g/mol. The molecular formula is C24H31N3O5. The molecule has 1 aromatic heterocycles. The van der Waals surface area contributed by atoms with Crippen molar-refractivity contribution in [3.8, 4) is 11.1 Å². The Hall–Kier alpha value is -3.16. The third-order valence-electron chi connectivity index (χ3n) is 6.38. The van der Waals surface area contributed by atoms with Gasteiger partial charge in [-0.2, -0.15) is 5.10 Å². The summed E-state index contributed by atoms with van der Waals surface area (Å²) in [5.41, 5.74) is 0.998. The monoisotopic (exact) mass is 441 g/mol. The van der Waals surface area contributed by atoms with E-state index in [-0.39, 0.29) is 18.9 Å². The molecule has 2 aromatic rings. The first-order valence-electron chi connectivity index (χ1n) is 11.2. The minimum Gasteiger partial charge on any atom is -0.481 e. The van der Waals surface area contributed by atoms with E-state index < -0.39 is 29.3 Å². The van der Waals surface area contributed by atoms with E-state index in [1.54, 1.807) is 12.4 Å². The van der Waals surface area contributed by atoms with Gasteiger partial charge in [-0.05, 0) is 31.2 Å². The summed E-state index contributed by atoms with van der Waals surface area (Å²) in [6, 6.07) is 8.47. The number of nitrogens with one attached hydrogen (secondary N) is 1. The summed E-state index contributed by atoms with van der Waals surface area (Å²) in [4.78, 5) is 36.9. The van der Waals surface area contributed by atoms with Gasteiger partial charge in [0, 0.05) is 11.8 Å². The van der Waals surface area contributed by atoms with Crippen molar-refractivity contribution < 1.29 is 24.6 Å². The zero-order chi connectivity index (χ0) is 23.1. The van der Waals surface area contributed by atoms with Gasteiger partial charge in [-0.25, -0.2) is 4.79 Å². The van der Waals surface area contributed by atoms with E-state index in [2.05, 4.69) is 10.4 Å². The first kappa shape index (κ1) is 23.5. The number of carbonyl (C=O) groups excluding carboxylic acids is 1. The van der Waals surface area contributed by atoms with E-state index in [1.165, 1.54) is 4.68 Å². The molecule has 32 heavy (non-hydrogen) atoms. The molecule has 8 nitrogen and oxygen atoms in total. The number of benzene rings is 1. The largest absolute Gasteiger partial charge is 0.481 e. The van der Waals surface area contributed by atoms with Crippen LogP contribution in [0.2, 0.25) is 0 Å². The highest BCUT2D eigenvalue weighted by Crippen LogP contribution is 2.44. The lowest BCUT2D eigenvalue weighted by Gasteiger charge is -2.31. The van der Waals surface area contributed by atoms with Gasteiger partial charge in [0.05, 0.1) is 24.1 Å². The maximum absolute atomic E-state index is 13.3. The van der Waals surface area contributed by atoms with Crippen LogP contribution in [-0.2, 0) is 20.9 Å². The summed E-state index contributed by atoms with van der Waals surface area (Å²) >= 11 is 0. The van der Waals surface area contributed by atoms with Crippen LogP contribution in [-0.4, -0.2) is 43.9 Å². The highest BCUT2D eigenvalue weighted by atomic mass is 16.4. The van der Waals surface area contributed by atoms with Gasteiger partial charge in [0.25, 0.3) is 0 Å². The highest BCUT2D eigenvalue weighted by molar-refractivity contribution is 5.88. The molecule has 0 bridgehead atoms. The molecule has 1 fully saturated rings. The van der Waals surface area contributed by atoms with Crippen molar-refractivity contribution in [1.29, 1.82) is 0 Å². The molecule has 1 aromatic carbocycles. The number of carbonyl (C=O) groups is 3. The lowest BCUT2D eigenvalue weighted by molar-refractivity contribution is -0.147. The van der Waals surface area contributed by atoms with Gasteiger partial charge >= 0.3 is 11.9 Å². The van der Waals surface area contributed by atoms with Gasteiger partial charge in [0.15, 0.2) is 0 Å². The normalized spacial score (nSPS) is 16.9. The Morgan fingerprint density at radius 2 is 1.78 bits per heavy atom. The predicted molar refractivity (Wildman–Crippen MR) is 119 cm³/mol. The van der Waals surface area contributed by atoms with Gasteiger partial charge in [-0.1, -0.05) is 56.5 Å². The third kappa shape index (κ3) is 5.55. The fourth-order valence-corrected chi connectivity index (χ4v) is 4.64. The molecule has 8 heteroatoms. The Bertz CT molecular complexity index is 934. The summed E-state index contributed by atoms with van der Waals surface area (Å²) in [5.74, 6) is -3.01. The number of aromatic nitrogens is 2. The number of carboxylic acids is 2. The zero-order valence-electron chi connectivity index (χ0n) is 18.4. The molecule has 0 spiro atoms. The Kier molecular flexibility index (Phi) is 7.66. The second-order valence-corrected chi connectivity index (χ2v) is 8.70. The first-order chi connectivity index (χ1) is 15.3. The lowest BCUT2D eigenvalue weighted by Crippen LogP contribution is -2.50. The molecule has 1 aliphatic rings. The fourth-order valence-electron chi connectivity index (χ4n) is 4.64. The lowest BCUT2D eigenvalue weighted by atomic mass is 9.75. The maximum atomic E-state index is 13.3. The second kappa shape index (κ2) is 10.4. The van der Waals surface area contributed by atoms with Crippen LogP contribution in [0, 0.1) is 11.3 Å². The van der Waals surface area contributed by atoms with Crippen molar-refractivity contribution in [2.75, 3.05) is 0 Å². The molecule has 3 rings (SSSR count). The molecule has 1 amide bonds. The van der Waals surface area contributed by atoms with Gasteiger partial charge < -0.3 is 15.5 Å². The van der Waals surface area contributed by atoms with E-state index in [9.17, 15) is 24.6 Å². The van der Waals surface area contributed by atoms with Gasteiger partial charge in [-0.15, -0.1) is 0 Å². The van der Waals surface area contributed by atoms with Gasteiger partial charge in [0.2, 0.25) is 5.91 Å². The van der Waals surface area contributed by atoms with Crippen LogP contribution < -0.4 is 5.32 Å². The summed E-state index contributed by atoms with van der Waals surface area (Å²) in [5, 5.41) is 26.3. The van der Waals surface area contributed by atoms with Crippen molar-refractivity contribution >= 4 is 17.8 Å². The molecule has 172 valence electrons. The van der Waals surface area contributed by atoms with Crippen LogP contribution in [0.1, 0.15) is 51.9 Å². The quantitative estimate of drug-likeness (QED) is 0.490. The average Bonchev–Trinajstić information content (AvgIpc) is 3.44. The predicted octanol–water partition coefficient (Wildman–Crippen LogP) is 3.57. The molecule has 2 atom stereocenters. The van der Waals surface area contributed by atoms with Crippen LogP contribution in [0.25, 0.3) is 11.1 Å². The first-order valence-corrected chi connectivity index (χ1v) is 11.2. The zero-order valence-corrected chi connectivity index (χ0v) is 18.4. The van der Waals surface area contributed by atoms with Gasteiger partial charge in [-0.3, -0.25) is 14.3 Å². The van der Waals surface area contributed by atoms with Crippen LogP contribution >= 0.6 is 0 Å². The minimum atomic E-state index is -1.15. The molecule has 1 saturated carbocycles. The smallest absolute Gasteiger partial charge is 0.328 e. The van der Waals surface area contributed by atoms with E-state index in [1.807, 2.05) is 37.3 Å². The molecular weight excluding hydrogens is 410 g/mol. The summed E-state index contributed by atoms with van der Waals surface area (Å²) < 4.78 is 1.51. The second-order valence-electron chi connectivity index (χ2n) is 8.70. The Balaban J connectivity index is 1.73. The topological polar surface area (TPSA) is 122 Å². The number of carboxylic acid groups (broad SMARTS) is 2. The van der Waals surface area contributed by atoms with Crippen molar-refractivity contribution in [2.24, 2.45) is 11.3 Å². The molecule has 0 aliphatic heterocycles. The molecule has 1 heterocycles. The van der Waals surface area contributed by atoms with E-state index in [0.717, 1.165) is 30.4 Å². The fraction of sp³-hybridized carbons (Fsp3) is 0.500. The molecule has 0 saturated heterocycles. The summed E-state index contributed by atoms with van der Waals surface area (Å²) in [6.45, 7) is 1.91. The maximum Gasteiger partial charge on any atom is 0.328 e. The minimum absolute atomic E-state index is 0.0126. The van der Waals surface area contributed by atoms with Crippen LogP contribution in [0.5, 0.6) is 0 Å². The Morgan fingerprint density at radius 1 is 1.09 bits per heavy atom. The SMILES string of the molecule is CCC[C@H](CC1(C(=O)N[C@@H](Cn2cc(-c3ccccc3)cn2)C(=O)O)CCCC1)C(=O)O. The molecule has 3 N–H and O–H groups in total. The van der Waals surface area contributed by atoms with Crippen LogP contribution in [0.4, 0.5) is 0 Å². The summed E-state index contributed by atoms with van der Waals surface area (Å²) in [6.07, 6.45) is 7.72. The number of amides is 1. The number of hydrogen-bond donors (Lipinski definition) is 3. The van der Waals surface area contributed by atoms with Gasteiger partial charge in [0.1, 0.15) is 6.04 Å². The summed E-state index contributed by atoms with van der Waals surface area (Å²) in [7, 11) is 0. The van der Waals surface area contributed by atoms with E-state index in [4.69, 9.17) is 0 Å². The standard InChI is InChI=1S/C24H31N3O5/c1-2-8-18(21(28)29)13-24(11-6-7-12-24)23(32)26-20(22(30)31)16-27-15-19(14-25-27)17-9-4-3-5-10-17/h3-5,9-10,14-15,18,20H,2,6-8,11-13,16H2,1H3,(H,26,32)(H,28,29)(H,30,31)/t18-,20+/m1/s1. The molecule has 1 aliphatic carbocycles. The highest BCUT2D eigenvalue weighted by Gasteiger charge is 2.45. The van der Waals surface area contributed by atoms with Crippen LogP contribution in [0.15, 0.2) is 42.7 Å². The Morgan fingerprint density at radius 3 is 2.38 bits per heavy atom. The van der Waals surface area contributed by atoms with Crippen molar-refractivity contribution in [3.05, 3.63) is 42.7 Å². The number of nitrogens with zero attached hydrogens (tertiary/aromatic N) is 2.